The molecule has 0 atom stereocenters. The molecule has 0 saturated heterocycles. The minimum Gasteiger partial charge on any atom is -0.338 e. The largest absolute Gasteiger partial charge is 0.338 e. The lowest BCUT2D eigenvalue weighted by molar-refractivity contribution is -0.137. The van der Waals surface area contributed by atoms with E-state index in [0.29, 0.717) is 19.6 Å². The topological polar surface area (TPSA) is 75.4 Å². The van der Waals surface area contributed by atoms with E-state index in [1.165, 1.54) is 12.8 Å². The highest BCUT2D eigenvalue weighted by Gasteiger charge is 2.26. The van der Waals surface area contributed by atoms with Crippen LogP contribution in [0.2, 0.25) is 0 Å². The summed E-state index contributed by atoms with van der Waals surface area (Å²) in [6.07, 6.45) is 11.9. The molecule has 3 N–H and O–H groups in total. The zero-order valence-electron chi connectivity index (χ0n) is 17.7. The van der Waals surface area contributed by atoms with Crippen molar-refractivity contribution in [2.45, 2.75) is 77.2 Å². The number of carbonyl (C=O) groups is 2. The molecule has 2 aliphatic rings. The Kier molecular flexibility index (Phi) is 8.53. The van der Waals surface area contributed by atoms with Gasteiger partial charge < -0.3 is 16.0 Å². The summed E-state index contributed by atoms with van der Waals surface area (Å²) in [4.78, 5) is 27.6. The Morgan fingerprint density at radius 2 is 1.62 bits per heavy atom. The van der Waals surface area contributed by atoms with Crippen molar-refractivity contribution in [1.82, 2.24) is 4.90 Å². The van der Waals surface area contributed by atoms with Crippen molar-refractivity contribution in [2.24, 2.45) is 17.6 Å². The highest BCUT2D eigenvalue weighted by molar-refractivity contribution is 5.92. The fourth-order valence-corrected chi connectivity index (χ4v) is 4.73. The molecular formula is C24H37N3O2. The Morgan fingerprint density at radius 3 is 2.28 bits per heavy atom. The first-order valence-corrected chi connectivity index (χ1v) is 11.6. The van der Waals surface area contributed by atoms with Crippen LogP contribution < -0.4 is 11.1 Å². The minimum absolute atomic E-state index is 0.139. The highest BCUT2D eigenvalue weighted by atomic mass is 16.2. The van der Waals surface area contributed by atoms with Gasteiger partial charge in [0.1, 0.15) is 0 Å². The molecular weight excluding hydrogens is 362 g/mol. The van der Waals surface area contributed by atoms with Gasteiger partial charge in [0, 0.05) is 30.6 Å². The van der Waals surface area contributed by atoms with E-state index in [1.54, 1.807) is 0 Å². The van der Waals surface area contributed by atoms with Crippen molar-refractivity contribution in [3.63, 3.8) is 0 Å². The van der Waals surface area contributed by atoms with Gasteiger partial charge in [-0.1, -0.05) is 50.7 Å². The summed E-state index contributed by atoms with van der Waals surface area (Å²) in [7, 11) is 0. The van der Waals surface area contributed by atoms with E-state index in [9.17, 15) is 9.59 Å². The van der Waals surface area contributed by atoms with Gasteiger partial charge in [-0.25, -0.2) is 0 Å². The predicted molar refractivity (Wildman–Crippen MR) is 117 cm³/mol. The Hall–Kier alpha value is -1.88. The molecule has 3 rings (SSSR count). The fraction of sp³-hybridized carbons (Fsp3) is 0.667. The van der Waals surface area contributed by atoms with Crippen molar-refractivity contribution in [3.05, 3.63) is 29.8 Å². The molecule has 1 aromatic rings. The third-order valence-corrected chi connectivity index (χ3v) is 6.44. The standard InChI is InChI=1S/C24H37N3O2/c25-15-8-16-27(24(29)21-12-5-2-6-13-21)18-19-9-7-14-22(17-19)26-23(28)20-10-3-1-4-11-20/h7,9,14,17,20-21H,1-6,8,10-13,15-16,18,25H2,(H,26,28). The van der Waals surface area contributed by atoms with Crippen LogP contribution in [0.1, 0.15) is 76.2 Å². The number of anilines is 1. The quantitative estimate of drug-likeness (QED) is 0.677. The molecule has 0 bridgehead atoms. The summed E-state index contributed by atoms with van der Waals surface area (Å²) >= 11 is 0. The molecule has 2 amide bonds. The van der Waals surface area contributed by atoms with Crippen LogP contribution in [0.5, 0.6) is 0 Å². The molecule has 2 aliphatic carbocycles. The molecule has 5 heteroatoms. The van der Waals surface area contributed by atoms with E-state index in [4.69, 9.17) is 5.73 Å². The molecule has 29 heavy (non-hydrogen) atoms. The first-order chi connectivity index (χ1) is 14.2. The van der Waals surface area contributed by atoms with Gasteiger partial charge in [-0.05, 0) is 56.3 Å². The van der Waals surface area contributed by atoms with E-state index in [0.717, 1.165) is 69.0 Å². The fourth-order valence-electron chi connectivity index (χ4n) is 4.73. The van der Waals surface area contributed by atoms with Crippen molar-refractivity contribution in [2.75, 3.05) is 18.4 Å². The Balaban J connectivity index is 1.63. The van der Waals surface area contributed by atoms with E-state index >= 15 is 0 Å². The lowest BCUT2D eigenvalue weighted by Crippen LogP contribution is -2.38. The van der Waals surface area contributed by atoms with Crippen molar-refractivity contribution >= 4 is 17.5 Å². The molecule has 0 aromatic heterocycles. The molecule has 160 valence electrons. The Bertz CT molecular complexity index is 664. The van der Waals surface area contributed by atoms with Gasteiger partial charge in [0.15, 0.2) is 0 Å². The highest BCUT2D eigenvalue weighted by Crippen LogP contribution is 2.27. The van der Waals surface area contributed by atoms with Gasteiger partial charge in [0.2, 0.25) is 11.8 Å². The maximum atomic E-state index is 13.1. The van der Waals surface area contributed by atoms with Crippen LogP contribution in [-0.4, -0.2) is 29.8 Å². The second-order valence-corrected chi connectivity index (χ2v) is 8.76. The number of nitrogens with one attached hydrogen (secondary N) is 1. The lowest BCUT2D eigenvalue weighted by Gasteiger charge is -2.29. The van der Waals surface area contributed by atoms with Crippen molar-refractivity contribution in [1.29, 1.82) is 0 Å². The number of hydrogen-bond donors (Lipinski definition) is 2. The molecule has 0 spiro atoms. The number of carbonyl (C=O) groups excluding carboxylic acids is 2. The molecule has 0 heterocycles. The van der Waals surface area contributed by atoms with Crippen molar-refractivity contribution in [3.8, 4) is 0 Å². The minimum atomic E-state index is 0.139. The average Bonchev–Trinajstić information content (AvgIpc) is 2.77. The lowest BCUT2D eigenvalue weighted by atomic mass is 9.88. The summed E-state index contributed by atoms with van der Waals surface area (Å²) < 4.78 is 0. The van der Waals surface area contributed by atoms with Gasteiger partial charge in [0.05, 0.1) is 0 Å². The third-order valence-electron chi connectivity index (χ3n) is 6.44. The number of rotatable bonds is 8. The second-order valence-electron chi connectivity index (χ2n) is 8.76. The summed E-state index contributed by atoms with van der Waals surface area (Å²) in [6.45, 7) is 1.87. The van der Waals surface area contributed by atoms with Gasteiger partial charge in [-0.2, -0.15) is 0 Å². The zero-order valence-corrected chi connectivity index (χ0v) is 17.7. The van der Waals surface area contributed by atoms with Gasteiger partial charge in [0.25, 0.3) is 0 Å². The monoisotopic (exact) mass is 399 g/mol. The Labute approximate surface area is 175 Å². The maximum Gasteiger partial charge on any atom is 0.227 e. The van der Waals surface area contributed by atoms with Crippen LogP contribution in [0.3, 0.4) is 0 Å². The van der Waals surface area contributed by atoms with Crippen LogP contribution in [-0.2, 0) is 16.1 Å². The summed E-state index contributed by atoms with van der Waals surface area (Å²) in [5.74, 6) is 0.715. The van der Waals surface area contributed by atoms with Gasteiger partial charge in [-0.3, -0.25) is 9.59 Å². The first kappa shape index (κ1) is 21.8. The smallest absolute Gasteiger partial charge is 0.227 e. The predicted octanol–water partition coefficient (Wildman–Crippen LogP) is 4.46. The molecule has 5 nitrogen and oxygen atoms in total. The van der Waals surface area contributed by atoms with Crippen LogP contribution in [0.4, 0.5) is 5.69 Å². The molecule has 0 radical (unpaired) electrons. The van der Waals surface area contributed by atoms with Gasteiger partial charge in [-0.15, -0.1) is 0 Å². The number of hydrogen-bond acceptors (Lipinski definition) is 3. The van der Waals surface area contributed by atoms with Crippen LogP contribution >= 0.6 is 0 Å². The molecule has 0 unspecified atom stereocenters. The number of nitrogens with zero attached hydrogens (tertiary/aromatic N) is 1. The van der Waals surface area contributed by atoms with E-state index in [-0.39, 0.29) is 23.7 Å². The first-order valence-electron chi connectivity index (χ1n) is 11.6. The second kappa shape index (κ2) is 11.3. The average molecular weight is 400 g/mol. The number of nitrogens with two attached hydrogens (primary N) is 1. The molecule has 0 aliphatic heterocycles. The summed E-state index contributed by atoms with van der Waals surface area (Å²) in [6, 6.07) is 7.97. The molecule has 1 aromatic carbocycles. The van der Waals surface area contributed by atoms with Gasteiger partial charge >= 0.3 is 0 Å². The van der Waals surface area contributed by atoms with Crippen LogP contribution in [0.25, 0.3) is 0 Å². The molecule has 2 fully saturated rings. The number of benzene rings is 1. The van der Waals surface area contributed by atoms with Crippen LogP contribution in [0, 0.1) is 11.8 Å². The summed E-state index contributed by atoms with van der Waals surface area (Å²) in [5.41, 5.74) is 7.61. The normalized spacial score (nSPS) is 18.4. The summed E-state index contributed by atoms with van der Waals surface area (Å²) in [5, 5.41) is 3.10. The van der Waals surface area contributed by atoms with E-state index in [1.807, 2.05) is 29.2 Å². The van der Waals surface area contributed by atoms with E-state index in [2.05, 4.69) is 5.32 Å². The Morgan fingerprint density at radius 1 is 0.966 bits per heavy atom. The molecule has 2 saturated carbocycles. The van der Waals surface area contributed by atoms with E-state index < -0.39 is 0 Å². The zero-order chi connectivity index (χ0) is 20.5. The third kappa shape index (κ3) is 6.56. The van der Waals surface area contributed by atoms with Crippen molar-refractivity contribution < 1.29 is 9.59 Å². The number of amides is 2. The SMILES string of the molecule is NCCCN(Cc1cccc(NC(=O)C2CCCCC2)c1)C(=O)C1CCCCC1. The van der Waals surface area contributed by atoms with Crippen LogP contribution in [0.15, 0.2) is 24.3 Å². The maximum absolute atomic E-state index is 13.1.